The van der Waals surface area contributed by atoms with Crippen molar-refractivity contribution in [3.8, 4) is 0 Å². The molecule has 0 aliphatic carbocycles. The van der Waals surface area contributed by atoms with Gasteiger partial charge in [-0.3, -0.25) is 9.89 Å². The number of nitrogens with one attached hydrogen (secondary N) is 2. The van der Waals surface area contributed by atoms with Gasteiger partial charge in [0.15, 0.2) is 0 Å². The summed E-state index contributed by atoms with van der Waals surface area (Å²) in [5.74, 6) is -0.136. The number of carbonyl (C=O) groups is 1. The van der Waals surface area contributed by atoms with Gasteiger partial charge in [-0.2, -0.15) is 5.10 Å². The van der Waals surface area contributed by atoms with E-state index >= 15 is 0 Å². The molecule has 0 fully saturated rings. The number of rotatable bonds is 2. The van der Waals surface area contributed by atoms with E-state index in [1.807, 2.05) is 31.2 Å². The average molecular weight is 330 g/mol. The number of carbonyl (C=O) groups excluding carboxylic acids is 1. The van der Waals surface area contributed by atoms with Gasteiger partial charge in [0, 0.05) is 21.1 Å². The van der Waals surface area contributed by atoms with Gasteiger partial charge in [0.25, 0.3) is 5.91 Å². The van der Waals surface area contributed by atoms with Gasteiger partial charge < -0.3 is 5.32 Å². The summed E-state index contributed by atoms with van der Waals surface area (Å²) < 4.78 is 1.02. The normalized spacial score (nSPS) is 10.7. The molecule has 3 rings (SSSR count). The molecule has 0 spiro atoms. The van der Waals surface area contributed by atoms with E-state index in [0.29, 0.717) is 5.56 Å². The molecule has 2 N–H and O–H groups in total. The van der Waals surface area contributed by atoms with Crippen LogP contribution in [0.2, 0.25) is 0 Å². The number of halogens is 1. The number of hydrogen-bond acceptors (Lipinski definition) is 2. The molecule has 2 aromatic carbocycles. The van der Waals surface area contributed by atoms with Gasteiger partial charge in [-0.15, -0.1) is 0 Å². The van der Waals surface area contributed by atoms with Crippen LogP contribution in [0.4, 0.5) is 5.69 Å². The molecule has 20 heavy (non-hydrogen) atoms. The number of amides is 1. The van der Waals surface area contributed by atoms with E-state index in [4.69, 9.17) is 0 Å². The molecule has 1 heterocycles. The Kier molecular flexibility index (Phi) is 3.28. The average Bonchev–Trinajstić information content (AvgIpc) is 2.90. The van der Waals surface area contributed by atoms with Crippen molar-refractivity contribution in [2.24, 2.45) is 0 Å². The molecule has 0 aliphatic heterocycles. The molecular formula is C15H12BrN3O. The fourth-order valence-electron chi connectivity index (χ4n) is 2.00. The Balaban J connectivity index is 1.86. The molecule has 3 aromatic rings. The van der Waals surface area contributed by atoms with E-state index in [-0.39, 0.29) is 5.91 Å². The smallest absolute Gasteiger partial charge is 0.255 e. The molecule has 0 saturated heterocycles. The van der Waals surface area contributed by atoms with Crippen LogP contribution in [0.1, 0.15) is 15.9 Å². The summed E-state index contributed by atoms with van der Waals surface area (Å²) in [5.41, 5.74) is 3.30. The Morgan fingerprint density at radius 2 is 2.10 bits per heavy atom. The van der Waals surface area contributed by atoms with Gasteiger partial charge in [-0.1, -0.05) is 22.0 Å². The molecule has 0 radical (unpaired) electrons. The highest BCUT2D eigenvalue weighted by Gasteiger charge is 2.08. The number of fused-ring (bicyclic) bond motifs is 1. The lowest BCUT2D eigenvalue weighted by Crippen LogP contribution is -2.11. The Labute approximate surface area is 124 Å². The highest BCUT2D eigenvalue weighted by molar-refractivity contribution is 9.10. The number of hydrogen-bond donors (Lipinski definition) is 2. The fraction of sp³-hybridized carbons (Fsp3) is 0.0667. The van der Waals surface area contributed by atoms with Crippen molar-refractivity contribution in [3.63, 3.8) is 0 Å². The van der Waals surface area contributed by atoms with Crippen LogP contribution in [0.25, 0.3) is 10.9 Å². The highest BCUT2D eigenvalue weighted by Crippen LogP contribution is 2.21. The van der Waals surface area contributed by atoms with Crippen LogP contribution in [0, 0.1) is 6.92 Å². The van der Waals surface area contributed by atoms with E-state index in [9.17, 15) is 4.79 Å². The van der Waals surface area contributed by atoms with Crippen LogP contribution in [-0.4, -0.2) is 16.1 Å². The predicted molar refractivity (Wildman–Crippen MR) is 82.9 cm³/mol. The quantitative estimate of drug-likeness (QED) is 0.749. The molecule has 4 nitrogen and oxygen atoms in total. The molecule has 100 valence electrons. The summed E-state index contributed by atoms with van der Waals surface area (Å²) in [6.07, 6.45) is 1.73. The summed E-state index contributed by atoms with van der Waals surface area (Å²) in [4.78, 5) is 12.2. The first-order chi connectivity index (χ1) is 9.63. The molecule has 0 atom stereocenters. The van der Waals surface area contributed by atoms with E-state index in [1.54, 1.807) is 18.3 Å². The van der Waals surface area contributed by atoms with Gasteiger partial charge in [0.1, 0.15) is 0 Å². The molecule has 0 aliphatic rings. The summed E-state index contributed by atoms with van der Waals surface area (Å²) in [6.45, 7) is 1.98. The zero-order valence-corrected chi connectivity index (χ0v) is 12.4. The first-order valence-electron chi connectivity index (χ1n) is 6.14. The summed E-state index contributed by atoms with van der Waals surface area (Å²) in [5, 5.41) is 10.7. The second kappa shape index (κ2) is 5.09. The van der Waals surface area contributed by atoms with Crippen LogP contribution in [-0.2, 0) is 0 Å². The van der Waals surface area contributed by atoms with Gasteiger partial charge in [-0.05, 0) is 42.8 Å². The van der Waals surface area contributed by atoms with Crippen molar-refractivity contribution >= 4 is 38.4 Å². The van der Waals surface area contributed by atoms with Crippen molar-refractivity contribution in [2.45, 2.75) is 6.92 Å². The third-order valence-electron chi connectivity index (χ3n) is 3.12. The lowest BCUT2D eigenvalue weighted by atomic mass is 10.1. The third kappa shape index (κ3) is 2.44. The van der Waals surface area contributed by atoms with Crippen molar-refractivity contribution in [2.75, 3.05) is 5.32 Å². The number of benzene rings is 2. The fourth-order valence-corrected chi connectivity index (χ4v) is 2.25. The largest absolute Gasteiger partial charge is 0.322 e. The lowest BCUT2D eigenvalue weighted by Gasteiger charge is -2.07. The van der Waals surface area contributed by atoms with E-state index < -0.39 is 0 Å². The third-order valence-corrected chi connectivity index (χ3v) is 4.01. The van der Waals surface area contributed by atoms with Crippen LogP contribution < -0.4 is 5.32 Å². The zero-order valence-electron chi connectivity index (χ0n) is 10.8. The number of H-pyrrole nitrogens is 1. The standard InChI is InChI=1S/C15H12BrN3O/c1-9-6-12(4-5-13(9)16)18-15(20)10-2-3-11-8-17-19-14(11)7-10/h2-8H,1H3,(H,17,19)(H,18,20). The van der Waals surface area contributed by atoms with Gasteiger partial charge >= 0.3 is 0 Å². The Morgan fingerprint density at radius 1 is 1.25 bits per heavy atom. The Morgan fingerprint density at radius 3 is 2.90 bits per heavy atom. The minimum atomic E-state index is -0.136. The lowest BCUT2D eigenvalue weighted by molar-refractivity contribution is 0.102. The Bertz CT molecular complexity index is 795. The molecule has 0 saturated carbocycles. The van der Waals surface area contributed by atoms with E-state index in [2.05, 4.69) is 31.4 Å². The minimum absolute atomic E-state index is 0.136. The molecule has 0 unspecified atom stereocenters. The van der Waals surface area contributed by atoms with Gasteiger partial charge in [0.05, 0.1) is 11.7 Å². The van der Waals surface area contributed by atoms with E-state index in [1.165, 1.54) is 0 Å². The van der Waals surface area contributed by atoms with Gasteiger partial charge in [-0.25, -0.2) is 0 Å². The summed E-state index contributed by atoms with van der Waals surface area (Å²) >= 11 is 3.44. The highest BCUT2D eigenvalue weighted by atomic mass is 79.9. The number of anilines is 1. The number of aromatic nitrogens is 2. The monoisotopic (exact) mass is 329 g/mol. The first-order valence-corrected chi connectivity index (χ1v) is 6.93. The first kappa shape index (κ1) is 12.9. The zero-order chi connectivity index (χ0) is 14.1. The molecule has 1 aromatic heterocycles. The Hall–Kier alpha value is -2.14. The van der Waals surface area contributed by atoms with Crippen molar-refractivity contribution in [1.82, 2.24) is 10.2 Å². The van der Waals surface area contributed by atoms with Crippen LogP contribution in [0.15, 0.2) is 47.1 Å². The SMILES string of the molecule is Cc1cc(NC(=O)c2ccc3cn[nH]c3c2)ccc1Br. The number of aromatic amines is 1. The molecule has 0 bridgehead atoms. The summed E-state index contributed by atoms with van der Waals surface area (Å²) in [6, 6.07) is 11.2. The number of aryl methyl sites for hydroxylation is 1. The van der Waals surface area contributed by atoms with Crippen LogP contribution in [0.3, 0.4) is 0 Å². The maximum atomic E-state index is 12.2. The molecular weight excluding hydrogens is 318 g/mol. The second-order valence-electron chi connectivity index (χ2n) is 4.59. The second-order valence-corrected chi connectivity index (χ2v) is 5.44. The van der Waals surface area contributed by atoms with Crippen molar-refractivity contribution in [1.29, 1.82) is 0 Å². The minimum Gasteiger partial charge on any atom is -0.322 e. The molecule has 1 amide bonds. The maximum absolute atomic E-state index is 12.2. The van der Waals surface area contributed by atoms with Crippen LogP contribution >= 0.6 is 15.9 Å². The summed E-state index contributed by atoms with van der Waals surface area (Å²) in [7, 11) is 0. The predicted octanol–water partition coefficient (Wildman–Crippen LogP) is 3.89. The van der Waals surface area contributed by atoms with E-state index in [0.717, 1.165) is 26.6 Å². The topological polar surface area (TPSA) is 57.8 Å². The van der Waals surface area contributed by atoms with Gasteiger partial charge in [0.2, 0.25) is 0 Å². The van der Waals surface area contributed by atoms with Crippen molar-refractivity contribution < 1.29 is 4.79 Å². The molecule has 5 heteroatoms. The maximum Gasteiger partial charge on any atom is 0.255 e. The van der Waals surface area contributed by atoms with Crippen molar-refractivity contribution in [3.05, 3.63) is 58.2 Å². The van der Waals surface area contributed by atoms with Crippen LogP contribution in [0.5, 0.6) is 0 Å². The number of nitrogens with zero attached hydrogens (tertiary/aromatic N) is 1.